The summed E-state index contributed by atoms with van der Waals surface area (Å²) in [5.41, 5.74) is 0. The second-order valence-electron chi connectivity index (χ2n) is 11.5. The molecule has 4 atom stereocenters. The first-order valence-electron chi connectivity index (χ1n) is 14.3. The third-order valence-electron chi connectivity index (χ3n) is 9.27. The minimum Gasteiger partial charge on any atom is -0.435 e. The average Bonchev–Trinajstić information content (AvgIpc) is 2.87. The Hall–Kier alpha value is -1.65. The molecule has 196 valence electrons. The molecule has 3 aliphatic carbocycles. The Morgan fingerprint density at radius 2 is 1.40 bits per heavy atom. The Morgan fingerprint density at radius 1 is 0.800 bits per heavy atom. The molecule has 5 heteroatoms. The van der Waals surface area contributed by atoms with Crippen molar-refractivity contribution in [1.29, 1.82) is 0 Å². The molecule has 0 aromatic heterocycles. The monoisotopic (exact) mass is 490 g/mol. The fourth-order valence-corrected chi connectivity index (χ4v) is 7.29. The molecule has 4 unspecified atom stereocenters. The summed E-state index contributed by atoms with van der Waals surface area (Å²) in [4.78, 5) is 12.7. The van der Waals surface area contributed by atoms with Crippen LogP contribution in [-0.2, 0) is 4.79 Å². The Balaban J connectivity index is 1.17. The van der Waals surface area contributed by atoms with Crippen molar-refractivity contribution in [3.05, 3.63) is 24.3 Å². The van der Waals surface area contributed by atoms with Gasteiger partial charge in [0.1, 0.15) is 11.5 Å². The van der Waals surface area contributed by atoms with Crippen LogP contribution >= 0.6 is 0 Å². The number of fused-ring (bicyclic) bond motifs is 1. The Morgan fingerprint density at radius 3 is 2.09 bits per heavy atom. The third-order valence-corrected chi connectivity index (χ3v) is 9.27. The van der Waals surface area contributed by atoms with Gasteiger partial charge in [-0.2, -0.15) is 8.78 Å². The molecule has 3 aliphatic rings. The van der Waals surface area contributed by atoms with E-state index in [4.69, 9.17) is 4.74 Å². The molecule has 0 N–H and O–H groups in total. The lowest BCUT2D eigenvalue weighted by molar-refractivity contribution is -0.140. The summed E-state index contributed by atoms with van der Waals surface area (Å²) >= 11 is 0. The SMILES string of the molecule is CCCCCCC1CCC2CC(C3CCC(C(=O)Oc4ccc(OC(F)F)cc4)CC3)CCC2C1. The van der Waals surface area contributed by atoms with Crippen LogP contribution in [0.3, 0.4) is 0 Å². The molecule has 0 spiro atoms. The van der Waals surface area contributed by atoms with E-state index in [1.807, 2.05) is 0 Å². The number of esters is 1. The zero-order valence-electron chi connectivity index (χ0n) is 21.4. The molecule has 3 nitrogen and oxygen atoms in total. The molecular weight excluding hydrogens is 446 g/mol. The molecule has 0 radical (unpaired) electrons. The molecule has 0 heterocycles. The van der Waals surface area contributed by atoms with Gasteiger partial charge in [-0.1, -0.05) is 45.4 Å². The maximum Gasteiger partial charge on any atom is 0.387 e. The molecule has 0 aliphatic heterocycles. The number of rotatable bonds is 10. The summed E-state index contributed by atoms with van der Waals surface area (Å²) in [5.74, 6) is 4.72. The Labute approximate surface area is 210 Å². The minimum atomic E-state index is -2.86. The van der Waals surface area contributed by atoms with Crippen LogP contribution in [0.15, 0.2) is 24.3 Å². The number of unbranched alkanes of at least 4 members (excludes halogenated alkanes) is 3. The molecule has 3 saturated carbocycles. The van der Waals surface area contributed by atoms with Crippen LogP contribution in [-0.4, -0.2) is 12.6 Å². The van der Waals surface area contributed by atoms with Crippen molar-refractivity contribution in [1.82, 2.24) is 0 Å². The predicted octanol–water partition coefficient (Wildman–Crippen LogP) is 8.80. The first-order chi connectivity index (χ1) is 17.0. The van der Waals surface area contributed by atoms with Crippen molar-refractivity contribution >= 4 is 5.97 Å². The van der Waals surface area contributed by atoms with Gasteiger partial charge in [0.25, 0.3) is 0 Å². The van der Waals surface area contributed by atoms with Crippen molar-refractivity contribution in [2.45, 2.75) is 110 Å². The fourth-order valence-electron chi connectivity index (χ4n) is 7.29. The van der Waals surface area contributed by atoms with Crippen molar-refractivity contribution in [2.75, 3.05) is 0 Å². The van der Waals surface area contributed by atoms with E-state index >= 15 is 0 Å². The van der Waals surface area contributed by atoms with Crippen LogP contribution in [0, 0.1) is 35.5 Å². The molecule has 3 fully saturated rings. The van der Waals surface area contributed by atoms with Crippen LogP contribution < -0.4 is 9.47 Å². The summed E-state index contributed by atoms with van der Waals surface area (Å²) < 4.78 is 34.5. The van der Waals surface area contributed by atoms with Crippen LogP contribution in [0.5, 0.6) is 11.5 Å². The number of benzene rings is 1. The minimum absolute atomic E-state index is 0.0530. The lowest BCUT2D eigenvalue weighted by Crippen LogP contribution is -2.35. The van der Waals surface area contributed by atoms with Gasteiger partial charge in [-0.15, -0.1) is 0 Å². The van der Waals surface area contributed by atoms with Gasteiger partial charge >= 0.3 is 12.6 Å². The highest BCUT2D eigenvalue weighted by Gasteiger charge is 2.39. The average molecular weight is 491 g/mol. The van der Waals surface area contributed by atoms with E-state index in [9.17, 15) is 13.6 Å². The van der Waals surface area contributed by atoms with Gasteiger partial charge in [0.15, 0.2) is 0 Å². The quantitative estimate of drug-likeness (QED) is 0.187. The van der Waals surface area contributed by atoms with Crippen molar-refractivity contribution in [2.24, 2.45) is 35.5 Å². The zero-order valence-corrected chi connectivity index (χ0v) is 21.4. The molecule has 35 heavy (non-hydrogen) atoms. The van der Waals surface area contributed by atoms with Crippen LogP contribution in [0.2, 0.25) is 0 Å². The summed E-state index contributed by atoms with van der Waals surface area (Å²) in [5, 5.41) is 0. The number of hydrogen-bond donors (Lipinski definition) is 0. The number of alkyl halides is 2. The van der Waals surface area contributed by atoms with Crippen molar-refractivity contribution in [3.8, 4) is 11.5 Å². The third kappa shape index (κ3) is 7.67. The smallest absolute Gasteiger partial charge is 0.387 e. The maximum atomic E-state index is 12.7. The standard InChI is InChI=1S/C30H44F2O3/c1-2-3-4-5-6-21-7-8-26-20-25(14-13-24(26)19-21)22-9-11-23(12-10-22)29(33)34-27-15-17-28(18-16-27)35-30(31)32/h15-18,21-26,30H,2-14,19-20H2,1H3. The molecule has 0 bridgehead atoms. The first kappa shape index (κ1) is 26.4. The number of carbonyl (C=O) groups excluding carboxylic acids is 1. The molecule has 1 aromatic carbocycles. The highest BCUT2D eigenvalue weighted by atomic mass is 19.3. The van der Waals surface area contributed by atoms with Gasteiger partial charge < -0.3 is 9.47 Å². The summed E-state index contributed by atoms with van der Waals surface area (Å²) in [6, 6.07) is 5.84. The summed E-state index contributed by atoms with van der Waals surface area (Å²) in [6.45, 7) is -0.566. The largest absolute Gasteiger partial charge is 0.435 e. The van der Waals surface area contributed by atoms with E-state index in [-0.39, 0.29) is 17.6 Å². The van der Waals surface area contributed by atoms with Crippen LogP contribution in [0.1, 0.15) is 103 Å². The lowest BCUT2D eigenvalue weighted by atomic mass is 9.60. The van der Waals surface area contributed by atoms with Gasteiger partial charge in [0.2, 0.25) is 0 Å². The van der Waals surface area contributed by atoms with E-state index in [1.54, 1.807) is 0 Å². The Bertz CT molecular complexity index is 772. The van der Waals surface area contributed by atoms with E-state index in [0.29, 0.717) is 5.75 Å². The molecule has 1 aromatic rings. The first-order valence-corrected chi connectivity index (χ1v) is 14.3. The Kier molecular flexibility index (Phi) is 9.85. The van der Waals surface area contributed by atoms with E-state index in [0.717, 1.165) is 55.3 Å². The molecule has 0 saturated heterocycles. The fraction of sp³-hybridized carbons (Fsp3) is 0.767. The number of halogens is 2. The van der Waals surface area contributed by atoms with Gasteiger partial charge in [-0.25, -0.2) is 0 Å². The predicted molar refractivity (Wildman–Crippen MR) is 135 cm³/mol. The zero-order chi connectivity index (χ0) is 24.6. The lowest BCUT2D eigenvalue weighted by Gasteiger charge is -2.45. The molecule has 4 rings (SSSR count). The van der Waals surface area contributed by atoms with Crippen LogP contribution in [0.25, 0.3) is 0 Å². The highest BCUT2D eigenvalue weighted by molar-refractivity contribution is 5.75. The molecule has 0 amide bonds. The van der Waals surface area contributed by atoms with Gasteiger partial charge in [0.05, 0.1) is 5.92 Å². The number of hydrogen-bond acceptors (Lipinski definition) is 3. The van der Waals surface area contributed by atoms with Crippen LogP contribution in [0.4, 0.5) is 8.78 Å². The summed E-state index contributed by atoms with van der Waals surface area (Å²) in [6.07, 6.45) is 19.7. The van der Waals surface area contributed by atoms with Crippen molar-refractivity contribution in [3.63, 3.8) is 0 Å². The van der Waals surface area contributed by atoms with Gasteiger partial charge in [0, 0.05) is 0 Å². The number of ether oxygens (including phenoxy) is 2. The second-order valence-corrected chi connectivity index (χ2v) is 11.5. The topological polar surface area (TPSA) is 35.5 Å². The normalized spacial score (nSPS) is 31.1. The highest BCUT2D eigenvalue weighted by Crippen LogP contribution is 2.49. The molecular formula is C30H44F2O3. The van der Waals surface area contributed by atoms with E-state index < -0.39 is 6.61 Å². The van der Waals surface area contributed by atoms with Crippen molar-refractivity contribution < 1.29 is 23.0 Å². The number of carbonyl (C=O) groups is 1. The second kappa shape index (κ2) is 13.1. The van der Waals surface area contributed by atoms with Gasteiger partial charge in [-0.3, -0.25) is 4.79 Å². The summed E-state index contributed by atoms with van der Waals surface area (Å²) in [7, 11) is 0. The van der Waals surface area contributed by atoms with Gasteiger partial charge in [-0.05, 0) is 112 Å². The van der Waals surface area contributed by atoms with E-state index in [1.165, 1.54) is 94.9 Å². The maximum absolute atomic E-state index is 12.7. The van der Waals surface area contributed by atoms with E-state index in [2.05, 4.69) is 11.7 Å².